The molecule has 1 aliphatic rings. The first-order chi connectivity index (χ1) is 11.2. The number of benzene rings is 1. The Balaban J connectivity index is 1.65. The van der Waals surface area contributed by atoms with E-state index in [2.05, 4.69) is 40.4 Å². The van der Waals surface area contributed by atoms with Gasteiger partial charge in [0, 0.05) is 38.1 Å². The highest BCUT2D eigenvalue weighted by atomic mass is 16.1. The Bertz CT molecular complexity index is 657. The molecule has 120 valence electrons. The molecule has 3 rings (SSSR count). The van der Waals surface area contributed by atoms with Crippen LogP contribution in [0.15, 0.2) is 48.8 Å². The predicted octanol–water partition coefficient (Wildman–Crippen LogP) is 3.10. The maximum atomic E-state index is 12.3. The molecule has 0 aliphatic carbocycles. The Hall–Kier alpha value is -2.36. The second kappa shape index (κ2) is 7.27. The lowest BCUT2D eigenvalue weighted by Gasteiger charge is -2.22. The van der Waals surface area contributed by atoms with Crippen molar-refractivity contribution in [1.82, 2.24) is 10.3 Å². The zero-order chi connectivity index (χ0) is 16.1. The van der Waals surface area contributed by atoms with Gasteiger partial charge in [0.05, 0.1) is 6.04 Å². The van der Waals surface area contributed by atoms with Crippen LogP contribution < -0.4 is 10.2 Å². The Morgan fingerprint density at radius 2 is 2.04 bits per heavy atom. The van der Waals surface area contributed by atoms with Gasteiger partial charge in [-0.05, 0) is 48.6 Å². The van der Waals surface area contributed by atoms with Crippen molar-refractivity contribution in [2.75, 3.05) is 18.5 Å². The van der Waals surface area contributed by atoms with E-state index in [1.165, 1.54) is 11.3 Å². The van der Waals surface area contributed by atoms with Crippen molar-refractivity contribution in [3.05, 3.63) is 59.9 Å². The summed E-state index contributed by atoms with van der Waals surface area (Å²) in [5.74, 6) is 0.117. The van der Waals surface area contributed by atoms with Gasteiger partial charge in [-0.2, -0.15) is 0 Å². The largest absolute Gasteiger partial charge is 0.374 e. The Labute approximate surface area is 137 Å². The SMILES string of the molecule is CN1CCCC(NC(=O)CCc2ccncc2)c2ccccc21. The van der Waals surface area contributed by atoms with E-state index in [-0.39, 0.29) is 11.9 Å². The monoisotopic (exact) mass is 309 g/mol. The molecule has 4 heteroatoms. The van der Waals surface area contributed by atoms with Crippen LogP contribution in [-0.4, -0.2) is 24.5 Å². The molecule has 0 saturated heterocycles. The molecule has 1 amide bonds. The van der Waals surface area contributed by atoms with Crippen LogP contribution in [0.1, 0.15) is 36.4 Å². The summed E-state index contributed by atoms with van der Waals surface area (Å²) in [5.41, 5.74) is 3.60. The first kappa shape index (κ1) is 15.5. The number of fused-ring (bicyclic) bond motifs is 1. The average molecular weight is 309 g/mol. The fourth-order valence-corrected chi connectivity index (χ4v) is 3.16. The van der Waals surface area contributed by atoms with E-state index in [1.54, 1.807) is 12.4 Å². The number of hydrogen-bond donors (Lipinski definition) is 1. The van der Waals surface area contributed by atoms with Gasteiger partial charge in [-0.1, -0.05) is 18.2 Å². The number of rotatable bonds is 4. The van der Waals surface area contributed by atoms with Crippen LogP contribution in [0.4, 0.5) is 5.69 Å². The number of para-hydroxylation sites is 1. The van der Waals surface area contributed by atoms with E-state index in [1.807, 2.05) is 18.2 Å². The summed E-state index contributed by atoms with van der Waals surface area (Å²) in [4.78, 5) is 18.6. The summed E-state index contributed by atoms with van der Waals surface area (Å²) < 4.78 is 0. The predicted molar refractivity (Wildman–Crippen MR) is 92.4 cm³/mol. The normalized spacial score (nSPS) is 17.3. The van der Waals surface area contributed by atoms with Gasteiger partial charge in [0.2, 0.25) is 5.91 Å². The molecule has 1 aliphatic heterocycles. The molecule has 2 aromatic rings. The van der Waals surface area contributed by atoms with Gasteiger partial charge in [0.1, 0.15) is 0 Å². The number of pyridine rings is 1. The average Bonchev–Trinajstić information content (AvgIpc) is 2.74. The van der Waals surface area contributed by atoms with E-state index in [9.17, 15) is 4.79 Å². The van der Waals surface area contributed by atoms with Gasteiger partial charge in [-0.3, -0.25) is 9.78 Å². The van der Waals surface area contributed by atoms with Crippen molar-refractivity contribution in [1.29, 1.82) is 0 Å². The Kier molecular flexibility index (Phi) is 4.91. The Morgan fingerprint density at radius 3 is 2.87 bits per heavy atom. The van der Waals surface area contributed by atoms with E-state index >= 15 is 0 Å². The van der Waals surface area contributed by atoms with Crippen molar-refractivity contribution in [3.63, 3.8) is 0 Å². The van der Waals surface area contributed by atoms with Gasteiger partial charge in [-0.25, -0.2) is 0 Å². The molecule has 0 radical (unpaired) electrons. The number of aromatic nitrogens is 1. The zero-order valence-corrected chi connectivity index (χ0v) is 13.5. The van der Waals surface area contributed by atoms with Crippen LogP contribution in [0.3, 0.4) is 0 Å². The maximum absolute atomic E-state index is 12.3. The van der Waals surface area contributed by atoms with Gasteiger partial charge >= 0.3 is 0 Å². The molecule has 1 aromatic carbocycles. The number of aryl methyl sites for hydroxylation is 1. The molecular weight excluding hydrogens is 286 g/mol. The third-order valence-corrected chi connectivity index (χ3v) is 4.44. The third kappa shape index (κ3) is 3.89. The van der Waals surface area contributed by atoms with Crippen LogP contribution >= 0.6 is 0 Å². The van der Waals surface area contributed by atoms with Crippen molar-refractivity contribution in [2.24, 2.45) is 0 Å². The van der Waals surface area contributed by atoms with E-state index < -0.39 is 0 Å². The van der Waals surface area contributed by atoms with E-state index in [0.29, 0.717) is 6.42 Å². The van der Waals surface area contributed by atoms with Crippen molar-refractivity contribution in [3.8, 4) is 0 Å². The first-order valence-electron chi connectivity index (χ1n) is 8.22. The number of hydrogen-bond acceptors (Lipinski definition) is 3. The lowest BCUT2D eigenvalue weighted by Crippen LogP contribution is -2.28. The topological polar surface area (TPSA) is 45.2 Å². The maximum Gasteiger partial charge on any atom is 0.220 e. The number of carbonyl (C=O) groups is 1. The minimum atomic E-state index is 0.112. The molecule has 1 atom stereocenters. The molecule has 0 saturated carbocycles. The Morgan fingerprint density at radius 1 is 1.26 bits per heavy atom. The highest BCUT2D eigenvalue weighted by Crippen LogP contribution is 2.31. The summed E-state index contributed by atoms with van der Waals surface area (Å²) in [6.45, 7) is 1.03. The molecule has 23 heavy (non-hydrogen) atoms. The minimum absolute atomic E-state index is 0.112. The van der Waals surface area contributed by atoms with Crippen LogP contribution in [0.5, 0.6) is 0 Å². The molecule has 1 unspecified atom stereocenters. The van der Waals surface area contributed by atoms with Gasteiger partial charge in [0.25, 0.3) is 0 Å². The summed E-state index contributed by atoms with van der Waals surface area (Å²) in [6, 6.07) is 12.4. The summed E-state index contributed by atoms with van der Waals surface area (Å²) >= 11 is 0. The molecule has 1 aromatic heterocycles. The van der Waals surface area contributed by atoms with Crippen LogP contribution in [-0.2, 0) is 11.2 Å². The molecule has 2 heterocycles. The fourth-order valence-electron chi connectivity index (χ4n) is 3.16. The zero-order valence-electron chi connectivity index (χ0n) is 13.5. The van der Waals surface area contributed by atoms with Crippen LogP contribution in [0.25, 0.3) is 0 Å². The number of carbonyl (C=O) groups excluding carboxylic acids is 1. The van der Waals surface area contributed by atoms with Crippen molar-refractivity contribution < 1.29 is 4.79 Å². The number of nitrogens with zero attached hydrogens (tertiary/aromatic N) is 2. The highest BCUT2D eigenvalue weighted by molar-refractivity contribution is 5.77. The minimum Gasteiger partial charge on any atom is -0.374 e. The molecule has 4 nitrogen and oxygen atoms in total. The lowest BCUT2D eigenvalue weighted by atomic mass is 10.0. The summed E-state index contributed by atoms with van der Waals surface area (Å²) in [7, 11) is 2.12. The number of amides is 1. The molecule has 0 bridgehead atoms. The second-order valence-corrected chi connectivity index (χ2v) is 6.10. The molecule has 0 spiro atoms. The van der Waals surface area contributed by atoms with Crippen molar-refractivity contribution >= 4 is 11.6 Å². The molecular formula is C19H23N3O. The number of nitrogens with one attached hydrogen (secondary N) is 1. The van der Waals surface area contributed by atoms with Crippen LogP contribution in [0.2, 0.25) is 0 Å². The molecule has 1 N–H and O–H groups in total. The quantitative estimate of drug-likeness (QED) is 0.944. The molecule has 0 fully saturated rings. The summed E-state index contributed by atoms with van der Waals surface area (Å²) in [6.07, 6.45) is 6.87. The van der Waals surface area contributed by atoms with Gasteiger partial charge in [0.15, 0.2) is 0 Å². The first-order valence-corrected chi connectivity index (χ1v) is 8.22. The van der Waals surface area contributed by atoms with E-state index in [0.717, 1.165) is 31.4 Å². The van der Waals surface area contributed by atoms with Gasteiger partial charge in [-0.15, -0.1) is 0 Å². The van der Waals surface area contributed by atoms with Crippen LogP contribution in [0, 0.1) is 0 Å². The summed E-state index contributed by atoms with van der Waals surface area (Å²) in [5, 5.41) is 3.22. The fraction of sp³-hybridized carbons (Fsp3) is 0.368. The highest BCUT2D eigenvalue weighted by Gasteiger charge is 2.22. The van der Waals surface area contributed by atoms with Crippen molar-refractivity contribution in [2.45, 2.75) is 31.7 Å². The lowest BCUT2D eigenvalue weighted by molar-refractivity contribution is -0.121. The van der Waals surface area contributed by atoms with Gasteiger partial charge < -0.3 is 10.2 Å². The standard InChI is InChI=1S/C19H23N3O/c1-22-14-4-6-17(16-5-2-3-7-18(16)22)21-19(23)9-8-15-10-12-20-13-11-15/h2-3,5,7,10-13,17H,4,6,8-9,14H2,1H3,(H,21,23). The third-order valence-electron chi connectivity index (χ3n) is 4.44. The smallest absolute Gasteiger partial charge is 0.220 e. The second-order valence-electron chi connectivity index (χ2n) is 6.10. The van der Waals surface area contributed by atoms with E-state index in [4.69, 9.17) is 0 Å². The number of anilines is 1.